The molecule has 0 saturated heterocycles. The average Bonchev–Trinajstić information content (AvgIpc) is 2.96. The van der Waals surface area contributed by atoms with Crippen LogP contribution >= 0.6 is 30.8 Å². The number of halogens is 1. The molecule has 2 nitrogen and oxygen atoms in total. The van der Waals surface area contributed by atoms with Crippen LogP contribution in [0.2, 0.25) is 0 Å². The van der Waals surface area contributed by atoms with E-state index in [1.165, 1.54) is 85.8 Å². The number of rotatable bonds is 22. The summed E-state index contributed by atoms with van der Waals surface area (Å²) in [5.41, 5.74) is 0. The SMILES string of the molecule is CCCC[P+](CCCC)(CCCC)CCCCC(CCC(=O)OCC)(Sc1ccccc1)Sc1ccccc1.[Br-]. The van der Waals surface area contributed by atoms with Crippen LogP contribution in [0.3, 0.4) is 0 Å². The van der Waals surface area contributed by atoms with Crippen LogP contribution in [-0.4, -0.2) is 41.3 Å². The number of carbonyl (C=O) groups is 1. The minimum atomic E-state index is -0.889. The maximum Gasteiger partial charge on any atom is 0.305 e. The van der Waals surface area contributed by atoms with Crippen molar-refractivity contribution in [2.24, 2.45) is 0 Å². The highest BCUT2D eigenvalue weighted by atomic mass is 79.9. The van der Waals surface area contributed by atoms with Crippen LogP contribution in [0, 0.1) is 0 Å². The topological polar surface area (TPSA) is 26.3 Å². The van der Waals surface area contributed by atoms with Crippen LogP contribution in [0.5, 0.6) is 0 Å². The Morgan fingerprint density at radius 1 is 0.675 bits per heavy atom. The van der Waals surface area contributed by atoms with Gasteiger partial charge in [0.2, 0.25) is 0 Å². The standard InChI is InChI=1S/C34H54O2PS2.BrH/c1-5-9-27-37(28-10-6-2,29-11-7-3)30-19-18-25-34(26-24-33(35)36-8-4,38-31-20-14-12-15-21-31)39-32-22-16-13-17-23-32;/h12-17,20-23H,5-11,18-19,24-30H2,1-4H3;1H/q+1;/p-1. The second-order valence-electron chi connectivity index (χ2n) is 10.8. The van der Waals surface area contributed by atoms with Gasteiger partial charge in [-0.25, -0.2) is 0 Å². The molecule has 0 aliphatic rings. The highest BCUT2D eigenvalue weighted by molar-refractivity contribution is 8.18. The number of thioether (sulfide) groups is 2. The van der Waals surface area contributed by atoms with E-state index in [2.05, 4.69) is 81.4 Å². The fourth-order valence-electron chi connectivity index (χ4n) is 5.28. The van der Waals surface area contributed by atoms with Crippen molar-refractivity contribution < 1.29 is 26.5 Å². The van der Waals surface area contributed by atoms with Gasteiger partial charge < -0.3 is 21.7 Å². The third-order valence-corrected chi connectivity index (χ3v) is 15.6. The van der Waals surface area contributed by atoms with Crippen LogP contribution in [0.1, 0.15) is 98.3 Å². The quantitative estimate of drug-likeness (QED) is 0.0415. The number of hydrogen-bond donors (Lipinski definition) is 0. The number of carbonyl (C=O) groups excluding carboxylic acids is 1. The molecule has 0 unspecified atom stereocenters. The lowest BCUT2D eigenvalue weighted by molar-refractivity contribution is -0.143. The van der Waals surface area contributed by atoms with Gasteiger partial charge in [0.05, 0.1) is 35.3 Å². The van der Waals surface area contributed by atoms with Gasteiger partial charge in [0.25, 0.3) is 0 Å². The van der Waals surface area contributed by atoms with Crippen molar-refractivity contribution in [3.63, 3.8) is 0 Å². The molecular weight excluding hydrogens is 615 g/mol. The Kier molecular flexibility index (Phi) is 20.8. The van der Waals surface area contributed by atoms with Crippen LogP contribution in [0.4, 0.5) is 0 Å². The monoisotopic (exact) mass is 668 g/mol. The van der Waals surface area contributed by atoms with E-state index in [4.69, 9.17) is 4.74 Å². The highest BCUT2D eigenvalue weighted by Gasteiger charge is 2.37. The molecule has 2 rings (SSSR count). The summed E-state index contributed by atoms with van der Waals surface area (Å²) in [5.74, 6) is -0.0761. The molecule has 226 valence electrons. The molecule has 0 saturated carbocycles. The Morgan fingerprint density at radius 3 is 1.55 bits per heavy atom. The van der Waals surface area contributed by atoms with E-state index in [9.17, 15) is 4.79 Å². The largest absolute Gasteiger partial charge is 1.00 e. The van der Waals surface area contributed by atoms with Crippen LogP contribution in [0.25, 0.3) is 0 Å². The molecule has 0 amide bonds. The van der Waals surface area contributed by atoms with Crippen molar-refractivity contribution in [3.8, 4) is 0 Å². The molecule has 0 heterocycles. The van der Waals surface area contributed by atoms with Crippen molar-refractivity contribution in [2.75, 3.05) is 31.3 Å². The Hall–Kier alpha value is -0.480. The summed E-state index contributed by atoms with van der Waals surface area (Å²) in [6.45, 7) is 9.41. The normalized spacial score (nSPS) is 11.7. The number of unbranched alkanes of at least 4 members (excludes halogenated alkanes) is 4. The first kappa shape index (κ1) is 37.5. The molecule has 0 radical (unpaired) electrons. The van der Waals surface area contributed by atoms with E-state index in [1.54, 1.807) is 0 Å². The molecule has 0 atom stereocenters. The minimum Gasteiger partial charge on any atom is -1.00 e. The van der Waals surface area contributed by atoms with Crippen molar-refractivity contribution in [3.05, 3.63) is 60.7 Å². The van der Waals surface area contributed by atoms with Gasteiger partial charge in [-0.15, -0.1) is 23.5 Å². The average molecular weight is 670 g/mol. The molecule has 0 aromatic heterocycles. The molecule has 0 aliphatic heterocycles. The molecule has 0 spiro atoms. The summed E-state index contributed by atoms with van der Waals surface area (Å²) in [5, 5.41) is 0. The van der Waals surface area contributed by atoms with Crippen molar-refractivity contribution in [2.45, 2.75) is 112 Å². The summed E-state index contributed by atoms with van der Waals surface area (Å²) in [6.07, 6.45) is 19.0. The van der Waals surface area contributed by atoms with Gasteiger partial charge in [0.15, 0.2) is 0 Å². The number of esters is 1. The molecule has 0 aliphatic carbocycles. The van der Waals surface area contributed by atoms with E-state index in [0.29, 0.717) is 13.0 Å². The van der Waals surface area contributed by atoms with Crippen LogP contribution in [-0.2, 0) is 9.53 Å². The van der Waals surface area contributed by atoms with Crippen LogP contribution in [0.15, 0.2) is 70.5 Å². The Morgan fingerprint density at radius 2 is 1.12 bits per heavy atom. The zero-order valence-electron chi connectivity index (χ0n) is 25.5. The molecule has 0 bridgehead atoms. The lowest BCUT2D eigenvalue weighted by Crippen LogP contribution is -3.00. The van der Waals surface area contributed by atoms with E-state index in [1.807, 2.05) is 30.4 Å². The van der Waals surface area contributed by atoms with E-state index in [-0.39, 0.29) is 27.0 Å². The lowest BCUT2D eigenvalue weighted by Gasteiger charge is -2.34. The first-order valence-corrected chi connectivity index (χ1v) is 19.7. The van der Waals surface area contributed by atoms with Gasteiger partial charge >= 0.3 is 5.97 Å². The fourth-order valence-corrected chi connectivity index (χ4v) is 13.6. The van der Waals surface area contributed by atoms with Crippen molar-refractivity contribution in [1.29, 1.82) is 0 Å². The molecule has 0 N–H and O–H groups in total. The van der Waals surface area contributed by atoms with Crippen molar-refractivity contribution >= 4 is 36.8 Å². The van der Waals surface area contributed by atoms with Gasteiger partial charge in [-0.1, -0.05) is 76.4 Å². The summed E-state index contributed by atoms with van der Waals surface area (Å²) in [4.78, 5) is 15.1. The number of benzene rings is 2. The molecule has 6 heteroatoms. The Bertz CT molecular complexity index is 834. The third kappa shape index (κ3) is 14.6. The summed E-state index contributed by atoms with van der Waals surface area (Å²) in [7, 11) is -0.889. The summed E-state index contributed by atoms with van der Waals surface area (Å²) < 4.78 is 5.26. The summed E-state index contributed by atoms with van der Waals surface area (Å²) >= 11 is 3.91. The van der Waals surface area contributed by atoms with Gasteiger partial charge in [-0.3, -0.25) is 4.79 Å². The predicted octanol–water partition coefficient (Wildman–Crippen LogP) is 8.20. The van der Waals surface area contributed by atoms with Crippen molar-refractivity contribution in [1.82, 2.24) is 0 Å². The zero-order chi connectivity index (χ0) is 28.2. The Balaban J connectivity index is 0.00000800. The second-order valence-corrected chi connectivity index (χ2v) is 18.4. The van der Waals surface area contributed by atoms with Gasteiger partial charge in [-0.2, -0.15) is 0 Å². The predicted molar refractivity (Wildman–Crippen MR) is 178 cm³/mol. The van der Waals surface area contributed by atoms with Gasteiger partial charge in [-0.05, 0) is 76.1 Å². The molecule has 2 aromatic carbocycles. The van der Waals surface area contributed by atoms with E-state index < -0.39 is 7.26 Å². The Labute approximate surface area is 266 Å². The first-order valence-electron chi connectivity index (χ1n) is 15.5. The zero-order valence-corrected chi connectivity index (χ0v) is 29.7. The molecule has 0 fully saturated rings. The maximum atomic E-state index is 12.5. The summed E-state index contributed by atoms with van der Waals surface area (Å²) in [6, 6.07) is 21.5. The fraction of sp³-hybridized carbons (Fsp3) is 0.618. The van der Waals surface area contributed by atoms with Crippen LogP contribution < -0.4 is 17.0 Å². The molecule has 40 heavy (non-hydrogen) atoms. The van der Waals surface area contributed by atoms with Gasteiger partial charge in [0, 0.05) is 23.5 Å². The molecule has 2 aromatic rings. The second kappa shape index (κ2) is 22.1. The first-order chi connectivity index (χ1) is 19.0. The molecular formula is C34H54BrO2PS2. The highest BCUT2D eigenvalue weighted by Crippen LogP contribution is 2.61. The maximum absolute atomic E-state index is 12.5. The minimum absolute atomic E-state index is 0. The van der Waals surface area contributed by atoms with E-state index >= 15 is 0 Å². The number of ether oxygens (including phenoxy) is 1. The van der Waals surface area contributed by atoms with Gasteiger partial charge in [0.1, 0.15) is 0 Å². The smallest absolute Gasteiger partial charge is 0.305 e. The number of hydrogen-bond acceptors (Lipinski definition) is 4. The lowest BCUT2D eigenvalue weighted by atomic mass is 10.1. The third-order valence-electron chi connectivity index (χ3n) is 7.51. The van der Waals surface area contributed by atoms with E-state index in [0.717, 1.165) is 12.8 Å².